The molecule has 0 aliphatic carbocycles. The van der Waals surface area contributed by atoms with Gasteiger partial charge in [0.2, 0.25) is 0 Å². The maximum absolute atomic E-state index is 12.3. The zero-order chi connectivity index (χ0) is 15.9. The predicted molar refractivity (Wildman–Crippen MR) is 82.6 cm³/mol. The van der Waals surface area contributed by atoms with Crippen molar-refractivity contribution in [1.29, 1.82) is 0 Å². The molecule has 112 valence electrons. The number of carbonyl (C=O) groups is 2. The summed E-state index contributed by atoms with van der Waals surface area (Å²) in [5.41, 5.74) is 5.25. The molecule has 0 unspecified atom stereocenters. The number of halogens is 1. The normalized spacial score (nSPS) is 11.6. The molecule has 0 atom stereocenters. The zero-order valence-electron chi connectivity index (χ0n) is 11.8. The summed E-state index contributed by atoms with van der Waals surface area (Å²) in [5, 5.41) is 9.83. The topological polar surface area (TPSA) is 94.5 Å². The van der Waals surface area contributed by atoms with Crippen LogP contribution in [0.25, 0.3) is 10.9 Å². The van der Waals surface area contributed by atoms with Crippen molar-refractivity contribution < 1.29 is 19.4 Å². The molecule has 21 heavy (non-hydrogen) atoms. The summed E-state index contributed by atoms with van der Waals surface area (Å²) in [6.07, 6.45) is -0.778. The maximum atomic E-state index is 12.3. The molecule has 0 bridgehead atoms. The third kappa shape index (κ3) is 2.87. The second-order valence-electron chi connectivity index (χ2n) is 5.54. The molecule has 0 aliphatic rings. The number of fused-ring (bicyclic) bond motifs is 1. The van der Waals surface area contributed by atoms with Crippen LogP contribution < -0.4 is 5.73 Å². The lowest BCUT2D eigenvalue weighted by Gasteiger charge is -2.20. The van der Waals surface area contributed by atoms with Crippen LogP contribution in [0.15, 0.2) is 22.7 Å². The first-order valence-electron chi connectivity index (χ1n) is 6.18. The van der Waals surface area contributed by atoms with E-state index in [1.165, 1.54) is 0 Å². The van der Waals surface area contributed by atoms with Crippen LogP contribution >= 0.6 is 15.9 Å². The largest absolute Gasteiger partial charge is 0.476 e. The molecule has 2 aromatic rings. The van der Waals surface area contributed by atoms with Crippen molar-refractivity contribution in [3.8, 4) is 0 Å². The van der Waals surface area contributed by atoms with E-state index >= 15 is 0 Å². The summed E-state index contributed by atoms with van der Waals surface area (Å²) in [6, 6.07) is 5.01. The van der Waals surface area contributed by atoms with E-state index in [1.807, 2.05) is 0 Å². The summed E-state index contributed by atoms with van der Waals surface area (Å²) in [7, 11) is 0. The molecule has 2 rings (SSSR count). The van der Waals surface area contributed by atoms with E-state index in [-0.39, 0.29) is 11.4 Å². The number of nitrogen functional groups attached to an aromatic ring is 1. The van der Waals surface area contributed by atoms with Crippen LogP contribution in [0.5, 0.6) is 0 Å². The minimum Gasteiger partial charge on any atom is -0.476 e. The van der Waals surface area contributed by atoms with Gasteiger partial charge >= 0.3 is 12.1 Å². The maximum Gasteiger partial charge on any atom is 0.419 e. The molecular weight excluding hydrogens is 340 g/mol. The van der Waals surface area contributed by atoms with Gasteiger partial charge in [-0.05, 0) is 39.0 Å². The van der Waals surface area contributed by atoms with E-state index in [9.17, 15) is 14.7 Å². The van der Waals surface area contributed by atoms with Crippen molar-refractivity contribution in [2.75, 3.05) is 5.73 Å². The SMILES string of the molecule is CC(C)(C)OC(=O)n1c(C(=O)O)c(N)c2ccc(Br)cc21. The number of hydrogen-bond acceptors (Lipinski definition) is 4. The van der Waals surface area contributed by atoms with Gasteiger partial charge in [0.05, 0.1) is 11.2 Å². The molecule has 0 fully saturated rings. The lowest BCUT2D eigenvalue weighted by molar-refractivity contribution is 0.0513. The van der Waals surface area contributed by atoms with E-state index in [1.54, 1.807) is 39.0 Å². The van der Waals surface area contributed by atoms with Gasteiger partial charge in [-0.15, -0.1) is 0 Å². The van der Waals surface area contributed by atoms with Gasteiger partial charge in [0, 0.05) is 9.86 Å². The molecule has 6 nitrogen and oxygen atoms in total. The summed E-state index contributed by atoms with van der Waals surface area (Å²) in [6.45, 7) is 5.11. The van der Waals surface area contributed by atoms with Crippen LogP contribution in [0.4, 0.5) is 10.5 Å². The van der Waals surface area contributed by atoms with E-state index in [0.717, 1.165) is 4.57 Å². The van der Waals surface area contributed by atoms with Gasteiger partial charge in [-0.25, -0.2) is 14.2 Å². The van der Waals surface area contributed by atoms with Gasteiger partial charge in [-0.2, -0.15) is 0 Å². The number of carboxylic acids is 1. The van der Waals surface area contributed by atoms with Crippen LogP contribution in [-0.4, -0.2) is 27.3 Å². The Kier molecular flexibility index (Phi) is 3.71. The van der Waals surface area contributed by atoms with Gasteiger partial charge in [-0.1, -0.05) is 15.9 Å². The molecule has 1 aromatic heterocycles. The Hall–Kier alpha value is -2.02. The van der Waals surface area contributed by atoms with E-state index in [0.29, 0.717) is 15.4 Å². The molecule has 0 radical (unpaired) electrons. The third-order valence-corrected chi connectivity index (χ3v) is 3.24. The number of rotatable bonds is 1. The Bertz CT molecular complexity index is 743. The first-order valence-corrected chi connectivity index (χ1v) is 6.97. The van der Waals surface area contributed by atoms with Crippen LogP contribution in [0.1, 0.15) is 31.3 Å². The highest BCUT2D eigenvalue weighted by Gasteiger charge is 2.28. The monoisotopic (exact) mass is 354 g/mol. The van der Waals surface area contributed by atoms with Crippen molar-refractivity contribution >= 4 is 44.6 Å². The number of hydrogen-bond donors (Lipinski definition) is 2. The summed E-state index contributed by atoms with van der Waals surface area (Å²) < 4.78 is 6.96. The average molecular weight is 355 g/mol. The van der Waals surface area contributed by atoms with Gasteiger partial charge in [0.25, 0.3) is 0 Å². The Morgan fingerprint density at radius 2 is 1.95 bits per heavy atom. The molecule has 0 aliphatic heterocycles. The van der Waals surface area contributed by atoms with Gasteiger partial charge in [0.15, 0.2) is 5.69 Å². The Morgan fingerprint density at radius 1 is 1.33 bits per heavy atom. The summed E-state index contributed by atoms with van der Waals surface area (Å²) in [4.78, 5) is 23.8. The fourth-order valence-electron chi connectivity index (χ4n) is 1.99. The quantitative estimate of drug-likeness (QED) is 0.817. The first kappa shape index (κ1) is 15.4. The molecule has 3 N–H and O–H groups in total. The predicted octanol–water partition coefficient (Wildman–Crippen LogP) is 3.47. The first-order chi connectivity index (χ1) is 9.61. The lowest BCUT2D eigenvalue weighted by atomic mass is 10.2. The van der Waals surface area contributed by atoms with E-state index in [4.69, 9.17) is 10.5 Å². The molecular formula is C14H15BrN2O4. The third-order valence-electron chi connectivity index (χ3n) is 2.75. The minimum absolute atomic E-state index is 0.0378. The van der Waals surface area contributed by atoms with Crippen molar-refractivity contribution in [2.24, 2.45) is 0 Å². The molecule has 7 heteroatoms. The summed E-state index contributed by atoms with van der Waals surface area (Å²) in [5.74, 6) is -1.29. The zero-order valence-corrected chi connectivity index (χ0v) is 13.4. The fourth-order valence-corrected chi connectivity index (χ4v) is 2.34. The molecule has 0 saturated heterocycles. The Morgan fingerprint density at radius 3 is 2.48 bits per heavy atom. The second kappa shape index (κ2) is 5.07. The minimum atomic E-state index is -1.29. The molecule has 0 saturated carbocycles. The van der Waals surface area contributed by atoms with E-state index < -0.39 is 17.7 Å². The van der Waals surface area contributed by atoms with Gasteiger partial charge < -0.3 is 15.6 Å². The Balaban J connectivity index is 2.75. The van der Waals surface area contributed by atoms with Crippen LogP contribution in [-0.2, 0) is 4.74 Å². The molecule has 0 spiro atoms. The van der Waals surface area contributed by atoms with Crippen molar-refractivity contribution in [2.45, 2.75) is 26.4 Å². The molecule has 1 heterocycles. The highest BCUT2D eigenvalue weighted by molar-refractivity contribution is 9.10. The number of carboxylic acid groups (broad SMARTS) is 1. The van der Waals surface area contributed by atoms with Gasteiger partial charge in [0.1, 0.15) is 5.60 Å². The van der Waals surface area contributed by atoms with Crippen LogP contribution in [0.3, 0.4) is 0 Å². The number of ether oxygens (including phenoxy) is 1. The Labute approximate surface area is 129 Å². The standard InChI is InChI=1S/C14H15BrN2O4/c1-14(2,3)21-13(20)17-9-6-7(15)4-5-8(9)10(16)11(17)12(18)19/h4-6H,16H2,1-3H3,(H,18,19). The summed E-state index contributed by atoms with van der Waals surface area (Å²) >= 11 is 3.29. The number of anilines is 1. The highest BCUT2D eigenvalue weighted by Crippen LogP contribution is 2.31. The van der Waals surface area contributed by atoms with Crippen LogP contribution in [0, 0.1) is 0 Å². The van der Waals surface area contributed by atoms with Crippen molar-refractivity contribution in [1.82, 2.24) is 4.57 Å². The highest BCUT2D eigenvalue weighted by atomic mass is 79.9. The van der Waals surface area contributed by atoms with E-state index in [2.05, 4.69) is 15.9 Å². The van der Waals surface area contributed by atoms with Crippen LogP contribution in [0.2, 0.25) is 0 Å². The van der Waals surface area contributed by atoms with Crippen molar-refractivity contribution in [3.63, 3.8) is 0 Å². The smallest absolute Gasteiger partial charge is 0.419 e. The van der Waals surface area contributed by atoms with Gasteiger partial charge in [-0.3, -0.25) is 0 Å². The number of nitrogens with two attached hydrogens (primary N) is 1. The number of carbonyl (C=O) groups excluding carboxylic acids is 1. The lowest BCUT2D eigenvalue weighted by Crippen LogP contribution is -2.29. The number of aromatic carboxylic acids is 1. The molecule has 0 amide bonds. The number of aromatic nitrogens is 1. The van der Waals surface area contributed by atoms with Crippen molar-refractivity contribution in [3.05, 3.63) is 28.4 Å². The fraction of sp³-hybridized carbons (Fsp3) is 0.286. The molecule has 1 aromatic carbocycles. The average Bonchev–Trinajstić information content (AvgIpc) is 2.60. The second-order valence-corrected chi connectivity index (χ2v) is 6.46. The number of benzene rings is 1. The number of nitrogens with zero attached hydrogens (tertiary/aromatic N) is 1.